The van der Waals surface area contributed by atoms with Crippen LogP contribution in [0.3, 0.4) is 0 Å². The number of nitrogens with one attached hydrogen (secondary N) is 1. The lowest BCUT2D eigenvalue weighted by molar-refractivity contribution is 0.239. The average Bonchev–Trinajstić information content (AvgIpc) is 2.72. The van der Waals surface area contributed by atoms with E-state index in [1.54, 1.807) is 0 Å². The van der Waals surface area contributed by atoms with E-state index in [4.69, 9.17) is 10.7 Å². The number of benzene rings is 1. The molecule has 0 saturated heterocycles. The Bertz CT molecular complexity index is 571. The van der Waals surface area contributed by atoms with Crippen LogP contribution in [0.15, 0.2) is 24.3 Å². The van der Waals surface area contributed by atoms with Crippen LogP contribution in [0, 0.1) is 13.8 Å². The Morgan fingerprint density at radius 2 is 1.89 bits per heavy atom. The molecule has 1 aliphatic carbocycles. The van der Waals surface area contributed by atoms with Crippen LogP contribution >= 0.6 is 0 Å². The second kappa shape index (κ2) is 4.49. The maximum absolute atomic E-state index is 5.96. The summed E-state index contributed by atoms with van der Waals surface area (Å²) in [7, 11) is 0. The van der Waals surface area contributed by atoms with Crippen LogP contribution in [0.4, 0.5) is 0 Å². The molecule has 3 nitrogen and oxygen atoms in total. The molecule has 0 spiro atoms. The summed E-state index contributed by atoms with van der Waals surface area (Å²) in [4.78, 5) is 8.30. The highest BCUT2D eigenvalue weighted by Crippen LogP contribution is 2.42. The van der Waals surface area contributed by atoms with Gasteiger partial charge in [-0.25, -0.2) is 4.98 Å². The van der Waals surface area contributed by atoms with Crippen molar-refractivity contribution in [1.82, 2.24) is 9.97 Å². The van der Waals surface area contributed by atoms with E-state index < -0.39 is 0 Å². The van der Waals surface area contributed by atoms with Crippen molar-refractivity contribution in [2.24, 2.45) is 5.73 Å². The number of H-pyrrole nitrogens is 1. The summed E-state index contributed by atoms with van der Waals surface area (Å²) in [6, 6.07) is 8.53. The van der Waals surface area contributed by atoms with Gasteiger partial charge in [0, 0.05) is 23.2 Å². The predicted octanol–water partition coefficient (Wildman–Crippen LogP) is 3.07. The maximum atomic E-state index is 5.96. The molecule has 1 aliphatic rings. The fourth-order valence-electron chi connectivity index (χ4n) is 2.85. The Labute approximate surface area is 114 Å². The number of aryl methyl sites for hydroxylation is 2. The van der Waals surface area contributed by atoms with Crippen LogP contribution in [-0.4, -0.2) is 16.5 Å². The quantitative estimate of drug-likeness (QED) is 0.885. The molecule has 0 amide bonds. The van der Waals surface area contributed by atoms with Crippen molar-refractivity contribution in [2.75, 3.05) is 6.54 Å². The van der Waals surface area contributed by atoms with Crippen molar-refractivity contribution in [3.63, 3.8) is 0 Å². The van der Waals surface area contributed by atoms with Gasteiger partial charge in [0.2, 0.25) is 0 Å². The highest BCUT2D eigenvalue weighted by molar-refractivity contribution is 5.62. The third-order valence-corrected chi connectivity index (χ3v) is 4.41. The topological polar surface area (TPSA) is 54.7 Å². The fourth-order valence-corrected chi connectivity index (χ4v) is 2.85. The normalized spacial score (nSPS) is 17.2. The monoisotopic (exact) mass is 255 g/mol. The lowest BCUT2D eigenvalue weighted by Gasteiger charge is -2.39. The van der Waals surface area contributed by atoms with Gasteiger partial charge in [-0.15, -0.1) is 0 Å². The van der Waals surface area contributed by atoms with E-state index in [1.165, 1.54) is 17.5 Å². The molecule has 0 radical (unpaired) electrons. The molecule has 1 heterocycles. The van der Waals surface area contributed by atoms with E-state index in [-0.39, 0.29) is 5.41 Å². The highest BCUT2D eigenvalue weighted by Gasteiger charge is 2.40. The molecule has 100 valence electrons. The van der Waals surface area contributed by atoms with Crippen LogP contribution in [0.1, 0.15) is 36.3 Å². The molecule has 3 N–H and O–H groups in total. The van der Waals surface area contributed by atoms with Crippen molar-refractivity contribution in [3.8, 4) is 11.3 Å². The Hall–Kier alpha value is -1.61. The molecule has 19 heavy (non-hydrogen) atoms. The van der Waals surface area contributed by atoms with Gasteiger partial charge < -0.3 is 10.7 Å². The minimum Gasteiger partial charge on any atom is -0.345 e. The van der Waals surface area contributed by atoms with Gasteiger partial charge in [-0.05, 0) is 26.7 Å². The van der Waals surface area contributed by atoms with Crippen LogP contribution in [0.25, 0.3) is 11.3 Å². The van der Waals surface area contributed by atoms with Gasteiger partial charge in [0.15, 0.2) is 0 Å². The molecule has 0 unspecified atom stereocenters. The summed E-state index contributed by atoms with van der Waals surface area (Å²) in [6.07, 6.45) is 3.57. The Morgan fingerprint density at radius 1 is 1.21 bits per heavy atom. The zero-order valence-electron chi connectivity index (χ0n) is 11.7. The Morgan fingerprint density at radius 3 is 2.42 bits per heavy atom. The van der Waals surface area contributed by atoms with Crippen LogP contribution in [-0.2, 0) is 5.41 Å². The smallest absolute Gasteiger partial charge is 0.114 e. The summed E-state index contributed by atoms with van der Waals surface area (Å²) in [5.41, 5.74) is 10.7. The van der Waals surface area contributed by atoms with E-state index >= 15 is 0 Å². The summed E-state index contributed by atoms with van der Waals surface area (Å²) in [6.45, 7) is 4.88. The van der Waals surface area contributed by atoms with Gasteiger partial charge in [0.05, 0.1) is 5.69 Å². The van der Waals surface area contributed by atoms with Gasteiger partial charge >= 0.3 is 0 Å². The molecule has 0 atom stereocenters. The molecule has 0 aliphatic heterocycles. The first-order valence-corrected chi connectivity index (χ1v) is 6.99. The maximum Gasteiger partial charge on any atom is 0.114 e. The van der Waals surface area contributed by atoms with Crippen molar-refractivity contribution in [2.45, 2.75) is 38.5 Å². The van der Waals surface area contributed by atoms with Crippen molar-refractivity contribution in [3.05, 3.63) is 41.3 Å². The van der Waals surface area contributed by atoms with E-state index in [0.717, 1.165) is 30.1 Å². The zero-order chi connectivity index (χ0) is 13.5. The molecule has 3 heteroatoms. The highest BCUT2D eigenvalue weighted by atomic mass is 15.0. The molecule has 1 aromatic carbocycles. The van der Waals surface area contributed by atoms with E-state index in [9.17, 15) is 0 Å². The predicted molar refractivity (Wildman–Crippen MR) is 78.1 cm³/mol. The summed E-state index contributed by atoms with van der Waals surface area (Å²) < 4.78 is 0. The number of hydrogen-bond acceptors (Lipinski definition) is 2. The van der Waals surface area contributed by atoms with Gasteiger partial charge in [-0.1, -0.05) is 36.2 Å². The molecule has 2 aromatic rings. The number of aromatic amines is 1. The first kappa shape index (κ1) is 12.4. The lowest BCUT2D eigenvalue weighted by atomic mass is 9.68. The molecule has 1 fully saturated rings. The minimum absolute atomic E-state index is 0.105. The minimum atomic E-state index is 0.105. The summed E-state index contributed by atoms with van der Waals surface area (Å²) in [5.74, 6) is 1.08. The lowest BCUT2D eigenvalue weighted by Crippen LogP contribution is -2.42. The molecular formula is C16H21N3. The third-order valence-electron chi connectivity index (χ3n) is 4.41. The molecule has 1 aromatic heterocycles. The number of hydrogen-bond donors (Lipinski definition) is 2. The third kappa shape index (κ3) is 1.98. The SMILES string of the molecule is Cc1ccc(-c2nc(C3(CN)CCC3)[nH]c2C)cc1. The fraction of sp³-hybridized carbons (Fsp3) is 0.438. The van der Waals surface area contributed by atoms with Crippen molar-refractivity contribution < 1.29 is 0 Å². The number of aromatic nitrogens is 2. The molecule has 3 rings (SSSR count). The summed E-state index contributed by atoms with van der Waals surface area (Å²) in [5, 5.41) is 0. The first-order valence-electron chi connectivity index (χ1n) is 6.99. The van der Waals surface area contributed by atoms with Crippen LogP contribution < -0.4 is 5.73 Å². The van der Waals surface area contributed by atoms with Crippen molar-refractivity contribution in [1.29, 1.82) is 0 Å². The Kier molecular flexibility index (Phi) is 2.94. The molecule has 1 saturated carbocycles. The number of nitrogens with zero attached hydrogens (tertiary/aromatic N) is 1. The number of imidazole rings is 1. The molecule has 0 bridgehead atoms. The summed E-state index contributed by atoms with van der Waals surface area (Å²) >= 11 is 0. The number of rotatable bonds is 3. The van der Waals surface area contributed by atoms with Gasteiger partial charge in [-0.3, -0.25) is 0 Å². The zero-order valence-corrected chi connectivity index (χ0v) is 11.7. The van der Waals surface area contributed by atoms with Gasteiger partial charge in [0.25, 0.3) is 0 Å². The van der Waals surface area contributed by atoms with Gasteiger partial charge in [0.1, 0.15) is 5.82 Å². The van der Waals surface area contributed by atoms with Gasteiger partial charge in [-0.2, -0.15) is 0 Å². The van der Waals surface area contributed by atoms with Crippen LogP contribution in [0.5, 0.6) is 0 Å². The molecular weight excluding hydrogens is 234 g/mol. The van der Waals surface area contributed by atoms with E-state index in [1.807, 2.05) is 0 Å². The standard InChI is InChI=1S/C16H21N3/c1-11-4-6-13(7-5-11)14-12(2)18-15(19-14)16(10-17)8-3-9-16/h4-7H,3,8-10,17H2,1-2H3,(H,18,19). The first-order chi connectivity index (χ1) is 9.14. The van der Waals surface area contributed by atoms with Crippen molar-refractivity contribution >= 4 is 0 Å². The van der Waals surface area contributed by atoms with E-state index in [2.05, 4.69) is 43.1 Å². The average molecular weight is 255 g/mol. The largest absolute Gasteiger partial charge is 0.345 e. The Balaban J connectivity index is 2.00. The van der Waals surface area contributed by atoms with Crippen LogP contribution in [0.2, 0.25) is 0 Å². The van der Waals surface area contributed by atoms with E-state index in [0.29, 0.717) is 6.54 Å². The number of nitrogens with two attached hydrogens (primary N) is 1. The second-order valence-electron chi connectivity index (χ2n) is 5.76. The second-order valence-corrected chi connectivity index (χ2v) is 5.76.